The van der Waals surface area contributed by atoms with Gasteiger partial charge in [0.1, 0.15) is 5.82 Å². The number of hydrogen-bond acceptors (Lipinski definition) is 7. The van der Waals surface area contributed by atoms with Crippen molar-refractivity contribution in [2.45, 2.75) is 19.8 Å². The van der Waals surface area contributed by atoms with E-state index < -0.39 is 5.82 Å². The van der Waals surface area contributed by atoms with E-state index >= 15 is 0 Å². The maximum absolute atomic E-state index is 14.6. The molecule has 4 rings (SSSR count). The van der Waals surface area contributed by atoms with E-state index in [1.807, 2.05) is 29.7 Å². The van der Waals surface area contributed by atoms with Crippen LogP contribution in [0.15, 0.2) is 42.9 Å². The number of nitrogens with zero attached hydrogens (tertiary/aromatic N) is 5. The first-order valence-corrected chi connectivity index (χ1v) is 9.96. The summed E-state index contributed by atoms with van der Waals surface area (Å²) in [5.74, 6) is 0.504. The number of amides is 1. The Bertz CT molecular complexity index is 1270. The molecule has 1 amide bonds. The number of aryl methyl sites for hydroxylation is 3. The van der Waals surface area contributed by atoms with E-state index in [0.29, 0.717) is 29.9 Å². The van der Waals surface area contributed by atoms with Crippen LogP contribution in [0.2, 0.25) is 0 Å². The van der Waals surface area contributed by atoms with Gasteiger partial charge in [-0.1, -0.05) is 0 Å². The molecule has 0 unspecified atom stereocenters. The largest absolute Gasteiger partial charge is 0.494 e. The van der Waals surface area contributed by atoms with Crippen LogP contribution >= 0.6 is 0 Å². The quantitative estimate of drug-likeness (QED) is 0.460. The molecule has 0 saturated carbocycles. The second kappa shape index (κ2) is 8.96. The lowest BCUT2D eigenvalue weighted by Crippen LogP contribution is -2.18. The van der Waals surface area contributed by atoms with Crippen molar-refractivity contribution in [1.82, 2.24) is 29.9 Å². The van der Waals surface area contributed by atoms with Crippen LogP contribution in [0.3, 0.4) is 0 Å². The van der Waals surface area contributed by atoms with Crippen molar-refractivity contribution in [2.24, 2.45) is 0 Å². The minimum Gasteiger partial charge on any atom is -0.494 e. The summed E-state index contributed by atoms with van der Waals surface area (Å²) in [5.41, 5.74) is 3.08. The SMILES string of the molecule is CNC(=O)c1cc(CCc2cnc(Nc3ccn4c(C)nnc4c3)nc2)c(F)c(OC)c1. The molecule has 0 radical (unpaired) electrons. The Morgan fingerprint density at radius 1 is 1.16 bits per heavy atom. The standard InChI is InChI=1S/C22H22FN7O2/c1-13-28-29-19-10-17(6-7-30(13)19)27-22-25-11-14(12-26-22)4-5-15-8-16(21(31)24-2)9-18(32-3)20(15)23/h6-12H,4-5H2,1-3H3,(H,24,31)(H,25,26,27). The molecule has 0 fully saturated rings. The average Bonchev–Trinajstić information content (AvgIpc) is 3.18. The second-order valence-corrected chi connectivity index (χ2v) is 7.16. The zero-order valence-corrected chi connectivity index (χ0v) is 17.9. The minimum absolute atomic E-state index is 0.0386. The van der Waals surface area contributed by atoms with E-state index in [1.165, 1.54) is 26.3 Å². The number of carbonyl (C=O) groups excluding carboxylic acids is 1. The zero-order valence-electron chi connectivity index (χ0n) is 17.9. The number of anilines is 2. The maximum atomic E-state index is 14.6. The summed E-state index contributed by atoms with van der Waals surface area (Å²) in [7, 11) is 2.90. The van der Waals surface area contributed by atoms with E-state index in [2.05, 4.69) is 30.8 Å². The maximum Gasteiger partial charge on any atom is 0.251 e. The van der Waals surface area contributed by atoms with E-state index in [1.54, 1.807) is 12.4 Å². The van der Waals surface area contributed by atoms with Gasteiger partial charge in [-0.3, -0.25) is 9.20 Å². The third-order valence-corrected chi connectivity index (χ3v) is 5.05. The highest BCUT2D eigenvalue weighted by Gasteiger charge is 2.15. The van der Waals surface area contributed by atoms with Crippen LogP contribution in [-0.2, 0) is 12.8 Å². The summed E-state index contributed by atoms with van der Waals surface area (Å²) in [6.45, 7) is 1.88. The van der Waals surface area contributed by atoms with Crippen molar-refractivity contribution >= 4 is 23.2 Å². The summed E-state index contributed by atoms with van der Waals surface area (Å²) < 4.78 is 21.6. The Hall–Kier alpha value is -4.08. The number of ether oxygens (including phenoxy) is 1. The molecule has 164 valence electrons. The third kappa shape index (κ3) is 4.34. The molecule has 1 aromatic carbocycles. The van der Waals surface area contributed by atoms with Crippen molar-refractivity contribution in [3.63, 3.8) is 0 Å². The van der Waals surface area contributed by atoms with Gasteiger partial charge in [0.05, 0.1) is 7.11 Å². The molecule has 0 spiro atoms. The van der Waals surface area contributed by atoms with Crippen molar-refractivity contribution in [1.29, 1.82) is 0 Å². The Balaban J connectivity index is 1.45. The van der Waals surface area contributed by atoms with Crippen molar-refractivity contribution in [3.8, 4) is 5.75 Å². The van der Waals surface area contributed by atoms with Gasteiger partial charge >= 0.3 is 0 Å². The molecule has 0 atom stereocenters. The lowest BCUT2D eigenvalue weighted by Gasteiger charge is -2.11. The number of rotatable bonds is 7. The lowest BCUT2D eigenvalue weighted by atomic mass is 10.0. The van der Waals surface area contributed by atoms with Crippen molar-refractivity contribution in [2.75, 3.05) is 19.5 Å². The summed E-state index contributed by atoms with van der Waals surface area (Å²) in [6.07, 6.45) is 6.12. The number of nitrogens with one attached hydrogen (secondary N) is 2. The monoisotopic (exact) mass is 435 g/mol. The molecule has 0 aliphatic heterocycles. The van der Waals surface area contributed by atoms with Crippen LogP contribution in [0.1, 0.15) is 27.3 Å². The Morgan fingerprint density at radius 3 is 2.66 bits per heavy atom. The van der Waals surface area contributed by atoms with Gasteiger partial charge in [-0.05, 0) is 49.1 Å². The number of carbonyl (C=O) groups is 1. The molecule has 2 N–H and O–H groups in total. The molecule has 10 heteroatoms. The van der Waals surface area contributed by atoms with Crippen molar-refractivity contribution in [3.05, 3.63) is 71.2 Å². The van der Waals surface area contributed by atoms with E-state index in [-0.39, 0.29) is 11.7 Å². The normalized spacial score (nSPS) is 10.9. The van der Waals surface area contributed by atoms with Crippen LogP contribution in [0.25, 0.3) is 5.65 Å². The van der Waals surface area contributed by atoms with Gasteiger partial charge in [-0.2, -0.15) is 0 Å². The Morgan fingerprint density at radius 2 is 1.94 bits per heavy atom. The highest BCUT2D eigenvalue weighted by atomic mass is 19.1. The van der Waals surface area contributed by atoms with E-state index in [4.69, 9.17) is 4.74 Å². The number of aromatic nitrogens is 5. The Labute approximate surface area is 183 Å². The molecule has 32 heavy (non-hydrogen) atoms. The van der Waals surface area contributed by atoms with Crippen molar-refractivity contribution < 1.29 is 13.9 Å². The second-order valence-electron chi connectivity index (χ2n) is 7.16. The van der Waals surface area contributed by atoms with Gasteiger partial charge < -0.3 is 15.4 Å². The van der Waals surface area contributed by atoms with Gasteiger partial charge in [0.25, 0.3) is 5.91 Å². The molecule has 3 aromatic heterocycles. The first-order chi connectivity index (χ1) is 15.5. The van der Waals surface area contributed by atoms with Crippen LogP contribution in [0, 0.1) is 12.7 Å². The smallest absolute Gasteiger partial charge is 0.251 e. The minimum atomic E-state index is -0.474. The van der Waals surface area contributed by atoms with E-state index in [0.717, 1.165) is 22.7 Å². The fourth-order valence-electron chi connectivity index (χ4n) is 3.31. The summed E-state index contributed by atoms with van der Waals surface area (Å²) in [5, 5.41) is 13.8. The fourth-order valence-corrected chi connectivity index (χ4v) is 3.31. The molecular formula is C22H22FN7O2. The molecule has 0 saturated heterocycles. The first kappa shape index (κ1) is 21.2. The molecule has 4 aromatic rings. The van der Waals surface area contributed by atoms with Gasteiger partial charge in [0.2, 0.25) is 5.95 Å². The topological polar surface area (TPSA) is 106 Å². The van der Waals surface area contributed by atoms with Gasteiger partial charge in [-0.25, -0.2) is 14.4 Å². The number of hydrogen-bond donors (Lipinski definition) is 2. The molecule has 0 aliphatic rings. The van der Waals surface area contributed by atoms with Gasteiger partial charge in [-0.15, -0.1) is 10.2 Å². The van der Waals surface area contributed by atoms with Crippen LogP contribution in [-0.4, -0.2) is 44.6 Å². The zero-order chi connectivity index (χ0) is 22.7. The predicted octanol–water partition coefficient (Wildman–Crippen LogP) is 2.86. The molecule has 3 heterocycles. The summed E-state index contributed by atoms with van der Waals surface area (Å²) in [4.78, 5) is 20.6. The number of methoxy groups -OCH3 is 1. The molecule has 0 bridgehead atoms. The fraction of sp³-hybridized carbons (Fsp3) is 0.227. The third-order valence-electron chi connectivity index (χ3n) is 5.05. The highest BCUT2D eigenvalue weighted by Crippen LogP contribution is 2.24. The molecular weight excluding hydrogens is 413 g/mol. The summed E-state index contributed by atoms with van der Waals surface area (Å²) in [6, 6.07) is 6.67. The van der Waals surface area contributed by atoms with Crippen LogP contribution < -0.4 is 15.4 Å². The average molecular weight is 435 g/mol. The van der Waals surface area contributed by atoms with Crippen LogP contribution in [0.4, 0.5) is 16.0 Å². The number of halogens is 1. The van der Waals surface area contributed by atoms with Gasteiger partial charge in [0.15, 0.2) is 17.2 Å². The predicted molar refractivity (Wildman–Crippen MR) is 117 cm³/mol. The lowest BCUT2D eigenvalue weighted by molar-refractivity contribution is 0.0962. The highest BCUT2D eigenvalue weighted by molar-refractivity contribution is 5.94. The number of fused-ring (bicyclic) bond motifs is 1. The van der Waals surface area contributed by atoms with Gasteiger partial charge in [0, 0.05) is 43.0 Å². The summed E-state index contributed by atoms with van der Waals surface area (Å²) >= 11 is 0. The first-order valence-electron chi connectivity index (χ1n) is 9.96. The number of pyridine rings is 1. The molecule has 0 aliphatic carbocycles. The molecule has 9 nitrogen and oxygen atoms in total. The van der Waals surface area contributed by atoms with E-state index in [9.17, 15) is 9.18 Å². The Kier molecular flexibility index (Phi) is 5.93. The van der Waals surface area contributed by atoms with Crippen LogP contribution in [0.5, 0.6) is 5.75 Å². The number of benzene rings is 1.